The number of benzene rings is 1. The van der Waals surface area contributed by atoms with Crippen LogP contribution in [-0.4, -0.2) is 19.1 Å². The Bertz CT molecular complexity index is 449. The molecule has 0 bridgehead atoms. The Morgan fingerprint density at radius 3 is 2.48 bits per heavy atom. The van der Waals surface area contributed by atoms with Gasteiger partial charge in [-0.15, -0.1) is 0 Å². The van der Waals surface area contributed by atoms with E-state index in [0.717, 1.165) is 30.6 Å². The average Bonchev–Trinajstić information content (AvgIpc) is 2.45. The lowest BCUT2D eigenvalue weighted by Crippen LogP contribution is -2.34. The molecule has 1 rings (SSSR count). The molecule has 1 N–H and O–H groups in total. The van der Waals surface area contributed by atoms with Crippen LogP contribution in [0.3, 0.4) is 0 Å². The molecule has 1 unspecified atom stereocenters. The van der Waals surface area contributed by atoms with Crippen molar-refractivity contribution in [2.24, 2.45) is 5.92 Å². The number of methoxy groups -OCH3 is 1. The maximum atomic E-state index is 12.0. The summed E-state index contributed by atoms with van der Waals surface area (Å²) < 4.78 is 5.11. The van der Waals surface area contributed by atoms with Crippen LogP contribution < -0.4 is 10.1 Å². The van der Waals surface area contributed by atoms with E-state index in [-0.39, 0.29) is 11.9 Å². The number of amides is 1. The van der Waals surface area contributed by atoms with E-state index in [0.29, 0.717) is 5.92 Å². The molecular formula is C18H27NO2. The number of hydrogen-bond acceptors (Lipinski definition) is 2. The van der Waals surface area contributed by atoms with Crippen LogP contribution in [-0.2, 0) is 4.79 Å². The van der Waals surface area contributed by atoms with Gasteiger partial charge < -0.3 is 10.1 Å². The van der Waals surface area contributed by atoms with E-state index in [4.69, 9.17) is 4.74 Å². The number of carbonyl (C=O) groups is 1. The van der Waals surface area contributed by atoms with Gasteiger partial charge in [0.1, 0.15) is 5.75 Å². The summed E-state index contributed by atoms with van der Waals surface area (Å²) in [5, 5.41) is 3.09. The molecule has 1 aromatic carbocycles. The maximum absolute atomic E-state index is 12.0. The third-order valence-electron chi connectivity index (χ3n) is 3.28. The Hall–Kier alpha value is -1.77. The first-order chi connectivity index (χ1) is 10.0. The van der Waals surface area contributed by atoms with Crippen molar-refractivity contribution < 1.29 is 9.53 Å². The molecule has 0 aliphatic heterocycles. The standard InChI is InChI=1S/C18H27NO2/c1-5-6-16(13-14(2)3)19-18(20)12-9-15-7-10-17(21-4)11-8-15/h7-12,14,16H,5-6,13H2,1-4H3,(H,19,20)/b12-9+. The SMILES string of the molecule is CCCC(CC(C)C)NC(=O)/C=C/c1ccc(OC)cc1. The van der Waals surface area contributed by atoms with Crippen LogP contribution in [0.4, 0.5) is 0 Å². The van der Waals surface area contributed by atoms with Crippen LogP contribution in [0.1, 0.15) is 45.6 Å². The lowest BCUT2D eigenvalue weighted by molar-refractivity contribution is -0.117. The first-order valence-corrected chi connectivity index (χ1v) is 7.67. The molecule has 0 saturated carbocycles. The normalized spacial score (nSPS) is 12.6. The smallest absolute Gasteiger partial charge is 0.244 e. The fourth-order valence-corrected chi connectivity index (χ4v) is 2.30. The van der Waals surface area contributed by atoms with Gasteiger partial charge >= 0.3 is 0 Å². The quantitative estimate of drug-likeness (QED) is 0.733. The number of carbonyl (C=O) groups excluding carboxylic acids is 1. The summed E-state index contributed by atoms with van der Waals surface area (Å²) in [6.07, 6.45) is 6.56. The van der Waals surface area contributed by atoms with E-state index in [9.17, 15) is 4.79 Å². The first kappa shape index (κ1) is 17.3. The van der Waals surface area contributed by atoms with Crippen molar-refractivity contribution in [3.05, 3.63) is 35.9 Å². The molecule has 0 aliphatic carbocycles. The van der Waals surface area contributed by atoms with Gasteiger partial charge in [0, 0.05) is 12.1 Å². The van der Waals surface area contributed by atoms with E-state index in [1.165, 1.54) is 0 Å². The lowest BCUT2D eigenvalue weighted by atomic mass is 10.00. The third-order valence-corrected chi connectivity index (χ3v) is 3.28. The van der Waals surface area contributed by atoms with Gasteiger partial charge in [0.15, 0.2) is 0 Å². The molecule has 0 aromatic heterocycles. The van der Waals surface area contributed by atoms with Crippen molar-refractivity contribution in [3.8, 4) is 5.75 Å². The average molecular weight is 289 g/mol. The largest absolute Gasteiger partial charge is 0.497 e. The van der Waals surface area contributed by atoms with E-state index >= 15 is 0 Å². The van der Waals surface area contributed by atoms with Crippen molar-refractivity contribution in [1.82, 2.24) is 5.32 Å². The number of nitrogens with one attached hydrogen (secondary N) is 1. The Labute approximate surface area is 128 Å². The number of hydrogen-bond donors (Lipinski definition) is 1. The molecule has 3 heteroatoms. The minimum atomic E-state index is -0.0232. The second-order valence-corrected chi connectivity index (χ2v) is 5.73. The zero-order valence-corrected chi connectivity index (χ0v) is 13.6. The van der Waals surface area contributed by atoms with Crippen LogP contribution in [0.5, 0.6) is 5.75 Å². The summed E-state index contributed by atoms with van der Waals surface area (Å²) in [6.45, 7) is 6.51. The fraction of sp³-hybridized carbons (Fsp3) is 0.500. The van der Waals surface area contributed by atoms with Crippen LogP contribution in [0.15, 0.2) is 30.3 Å². The topological polar surface area (TPSA) is 38.3 Å². The van der Waals surface area contributed by atoms with Crippen molar-refractivity contribution in [1.29, 1.82) is 0 Å². The Morgan fingerprint density at radius 1 is 1.29 bits per heavy atom. The van der Waals surface area contributed by atoms with Gasteiger partial charge in [-0.2, -0.15) is 0 Å². The lowest BCUT2D eigenvalue weighted by Gasteiger charge is -2.19. The molecule has 1 aromatic rings. The molecule has 116 valence electrons. The molecule has 3 nitrogen and oxygen atoms in total. The van der Waals surface area contributed by atoms with Crippen molar-refractivity contribution >= 4 is 12.0 Å². The highest BCUT2D eigenvalue weighted by Gasteiger charge is 2.11. The number of rotatable bonds is 8. The highest BCUT2D eigenvalue weighted by atomic mass is 16.5. The van der Waals surface area contributed by atoms with Crippen LogP contribution >= 0.6 is 0 Å². The Balaban J connectivity index is 2.55. The van der Waals surface area contributed by atoms with Gasteiger partial charge in [-0.3, -0.25) is 4.79 Å². The predicted octanol–water partition coefficient (Wildman–Crippen LogP) is 4.04. The van der Waals surface area contributed by atoms with E-state index < -0.39 is 0 Å². The van der Waals surface area contributed by atoms with E-state index in [2.05, 4.69) is 26.1 Å². The second-order valence-electron chi connectivity index (χ2n) is 5.73. The summed E-state index contributed by atoms with van der Waals surface area (Å²) >= 11 is 0. The van der Waals surface area contributed by atoms with Crippen molar-refractivity contribution in [2.75, 3.05) is 7.11 Å². The maximum Gasteiger partial charge on any atom is 0.244 e. The summed E-state index contributed by atoms with van der Waals surface area (Å²) in [5.74, 6) is 1.38. The second kappa shape index (κ2) is 9.22. The Kier molecular flexibility index (Phi) is 7.59. The van der Waals surface area contributed by atoms with Crippen molar-refractivity contribution in [2.45, 2.75) is 46.1 Å². The van der Waals surface area contributed by atoms with Gasteiger partial charge in [-0.25, -0.2) is 0 Å². The third kappa shape index (κ3) is 6.98. The zero-order valence-electron chi connectivity index (χ0n) is 13.6. The van der Waals surface area contributed by atoms with Crippen molar-refractivity contribution in [3.63, 3.8) is 0 Å². The van der Waals surface area contributed by atoms with Gasteiger partial charge in [0.25, 0.3) is 0 Å². The molecule has 0 spiro atoms. The molecule has 0 aliphatic rings. The minimum Gasteiger partial charge on any atom is -0.497 e. The summed E-state index contributed by atoms with van der Waals surface area (Å²) in [7, 11) is 1.64. The molecule has 1 amide bonds. The van der Waals surface area contributed by atoms with E-state index in [1.807, 2.05) is 30.3 Å². The highest BCUT2D eigenvalue weighted by Crippen LogP contribution is 2.13. The van der Waals surface area contributed by atoms with Gasteiger partial charge in [0.05, 0.1) is 7.11 Å². The fourth-order valence-electron chi connectivity index (χ4n) is 2.30. The molecule has 0 radical (unpaired) electrons. The summed E-state index contributed by atoms with van der Waals surface area (Å²) in [5.41, 5.74) is 0.988. The number of ether oxygens (including phenoxy) is 1. The van der Waals surface area contributed by atoms with Gasteiger partial charge in [-0.1, -0.05) is 39.3 Å². The summed E-state index contributed by atoms with van der Waals surface area (Å²) in [4.78, 5) is 12.0. The summed E-state index contributed by atoms with van der Waals surface area (Å²) in [6, 6.07) is 7.90. The van der Waals surface area contributed by atoms with Gasteiger partial charge in [0.2, 0.25) is 5.91 Å². The van der Waals surface area contributed by atoms with E-state index in [1.54, 1.807) is 13.2 Å². The van der Waals surface area contributed by atoms with Crippen LogP contribution in [0.25, 0.3) is 6.08 Å². The molecule has 0 saturated heterocycles. The highest BCUT2D eigenvalue weighted by molar-refractivity contribution is 5.91. The molecule has 0 fully saturated rings. The monoisotopic (exact) mass is 289 g/mol. The van der Waals surface area contributed by atoms with Crippen LogP contribution in [0.2, 0.25) is 0 Å². The Morgan fingerprint density at radius 2 is 1.95 bits per heavy atom. The molecule has 1 atom stereocenters. The minimum absolute atomic E-state index is 0.0232. The molecule has 21 heavy (non-hydrogen) atoms. The molecule has 0 heterocycles. The van der Waals surface area contributed by atoms with Crippen LogP contribution in [0, 0.1) is 5.92 Å². The molecular weight excluding hydrogens is 262 g/mol. The van der Waals surface area contributed by atoms with Gasteiger partial charge in [-0.05, 0) is 42.5 Å². The predicted molar refractivity (Wildman–Crippen MR) is 88.3 cm³/mol. The first-order valence-electron chi connectivity index (χ1n) is 7.67. The zero-order chi connectivity index (χ0) is 15.7.